The standard InChI is InChI=1S/C22H25ClFN3O2S/c23-17-7-16(24)2-1-13(17)11-27-3-4-30-20(27)19(28)26-18-14-5-12-6-15(18)10-22(8-12,9-14)21(25)29/h1-2,7,12,14-15,20H,3-6,8-11H2,(H2,25,29). The van der Waals surface area contributed by atoms with Gasteiger partial charge < -0.3 is 5.73 Å². The second kappa shape index (κ2) is 7.61. The van der Waals surface area contributed by atoms with E-state index >= 15 is 0 Å². The third kappa shape index (κ3) is 3.49. The van der Waals surface area contributed by atoms with Crippen LogP contribution in [0.4, 0.5) is 4.39 Å². The topological polar surface area (TPSA) is 75.8 Å². The molecule has 0 aromatic heterocycles. The molecular formula is C22H25ClFN3O2S. The maximum atomic E-state index is 13.3. The number of rotatable bonds is 4. The maximum absolute atomic E-state index is 13.3. The Morgan fingerprint density at radius 3 is 2.67 bits per heavy atom. The van der Waals surface area contributed by atoms with Crippen molar-refractivity contribution in [3.05, 3.63) is 34.6 Å². The van der Waals surface area contributed by atoms with Crippen LogP contribution >= 0.6 is 23.4 Å². The number of primary amides is 1. The second-order valence-corrected chi connectivity index (χ2v) is 10.9. The summed E-state index contributed by atoms with van der Waals surface area (Å²) in [4.78, 5) is 32.0. The van der Waals surface area contributed by atoms with Gasteiger partial charge in [0.2, 0.25) is 5.91 Å². The monoisotopic (exact) mass is 449 g/mol. The number of hydrogen-bond acceptors (Lipinski definition) is 4. The fraction of sp³-hybridized carbons (Fsp3) is 0.591. The largest absolute Gasteiger partial charge is 0.369 e. The van der Waals surface area contributed by atoms with E-state index < -0.39 is 0 Å². The Morgan fingerprint density at radius 1 is 1.27 bits per heavy atom. The number of aliphatic imine (C=N–C) groups is 1. The second-order valence-electron chi connectivity index (χ2n) is 9.29. The van der Waals surface area contributed by atoms with Crippen LogP contribution in [0.2, 0.25) is 5.02 Å². The minimum atomic E-state index is -0.383. The van der Waals surface area contributed by atoms with Crippen LogP contribution in [0.1, 0.15) is 37.7 Å². The Balaban J connectivity index is 1.33. The predicted molar refractivity (Wildman–Crippen MR) is 116 cm³/mol. The number of nitrogens with two attached hydrogens (primary N) is 1. The molecule has 160 valence electrons. The highest BCUT2D eigenvalue weighted by molar-refractivity contribution is 8.00. The van der Waals surface area contributed by atoms with Crippen molar-refractivity contribution >= 4 is 40.9 Å². The Hall–Kier alpha value is -1.44. The van der Waals surface area contributed by atoms with Gasteiger partial charge in [-0.2, -0.15) is 0 Å². The van der Waals surface area contributed by atoms with Gasteiger partial charge in [-0.1, -0.05) is 17.7 Å². The highest BCUT2D eigenvalue weighted by atomic mass is 35.5. The molecule has 3 unspecified atom stereocenters. The molecule has 2 N–H and O–H groups in total. The van der Waals surface area contributed by atoms with Crippen molar-refractivity contribution in [2.45, 2.75) is 44.0 Å². The Labute approximate surface area is 184 Å². The van der Waals surface area contributed by atoms with E-state index in [4.69, 9.17) is 17.3 Å². The van der Waals surface area contributed by atoms with Gasteiger partial charge in [-0.15, -0.1) is 11.8 Å². The van der Waals surface area contributed by atoms with Crippen LogP contribution in [0.3, 0.4) is 0 Å². The molecule has 6 rings (SSSR count). The molecule has 1 heterocycles. The van der Waals surface area contributed by atoms with Gasteiger partial charge in [0.1, 0.15) is 11.2 Å². The third-order valence-electron chi connectivity index (χ3n) is 7.37. The summed E-state index contributed by atoms with van der Waals surface area (Å²) in [6, 6.07) is 4.38. The van der Waals surface area contributed by atoms with Crippen LogP contribution < -0.4 is 5.73 Å². The van der Waals surface area contributed by atoms with Crippen molar-refractivity contribution in [1.29, 1.82) is 0 Å². The molecule has 0 radical (unpaired) electrons. The Morgan fingerprint density at radius 2 is 2.00 bits per heavy atom. The number of halogens is 2. The van der Waals surface area contributed by atoms with Crippen LogP contribution in [-0.4, -0.2) is 40.1 Å². The summed E-state index contributed by atoms with van der Waals surface area (Å²) in [5, 5.41) is 0.0307. The molecule has 2 amide bonds. The first kappa shape index (κ1) is 20.5. The van der Waals surface area contributed by atoms with E-state index in [0.29, 0.717) is 17.5 Å². The summed E-state index contributed by atoms with van der Waals surface area (Å²) in [7, 11) is 0. The number of nitrogens with zero attached hydrogens (tertiary/aromatic N) is 2. The number of carbonyl (C=O) groups is 2. The number of benzene rings is 1. The Bertz CT molecular complexity index is 921. The highest BCUT2D eigenvalue weighted by Crippen LogP contribution is 2.58. The van der Waals surface area contributed by atoms with Crippen LogP contribution in [0.25, 0.3) is 0 Å². The van der Waals surface area contributed by atoms with Crippen molar-refractivity contribution < 1.29 is 14.0 Å². The zero-order valence-corrected chi connectivity index (χ0v) is 18.2. The molecule has 4 aliphatic carbocycles. The van der Waals surface area contributed by atoms with E-state index in [-0.39, 0.29) is 40.3 Å². The van der Waals surface area contributed by atoms with Crippen molar-refractivity contribution in [3.8, 4) is 0 Å². The first-order chi connectivity index (χ1) is 14.3. The quantitative estimate of drug-likeness (QED) is 0.761. The van der Waals surface area contributed by atoms with Crippen LogP contribution in [0, 0.1) is 29.0 Å². The van der Waals surface area contributed by atoms with Crippen molar-refractivity contribution in [2.24, 2.45) is 33.9 Å². The van der Waals surface area contributed by atoms with E-state index in [2.05, 4.69) is 9.89 Å². The molecule has 5 nitrogen and oxygen atoms in total. The van der Waals surface area contributed by atoms with Crippen LogP contribution in [0.5, 0.6) is 0 Å². The molecule has 3 atom stereocenters. The minimum Gasteiger partial charge on any atom is -0.369 e. The molecule has 1 aliphatic heterocycles. The first-order valence-corrected chi connectivity index (χ1v) is 12.0. The molecule has 1 aromatic rings. The lowest BCUT2D eigenvalue weighted by atomic mass is 9.48. The molecule has 0 spiro atoms. The van der Waals surface area contributed by atoms with Gasteiger partial charge in [0.15, 0.2) is 0 Å². The normalized spacial score (nSPS) is 35.1. The molecule has 5 fully saturated rings. The molecule has 4 saturated carbocycles. The first-order valence-electron chi connectivity index (χ1n) is 10.6. The summed E-state index contributed by atoms with van der Waals surface area (Å²) in [5.41, 5.74) is 7.19. The van der Waals surface area contributed by atoms with Crippen molar-refractivity contribution in [1.82, 2.24) is 4.90 Å². The lowest BCUT2D eigenvalue weighted by Gasteiger charge is -2.55. The van der Waals surface area contributed by atoms with Crippen LogP contribution in [0.15, 0.2) is 23.2 Å². The third-order valence-corrected chi connectivity index (χ3v) is 8.96. The molecule has 5 aliphatic rings. The van der Waals surface area contributed by atoms with E-state index in [0.717, 1.165) is 55.7 Å². The molecule has 1 saturated heterocycles. The number of hydrogen-bond donors (Lipinski definition) is 1. The Kier molecular flexibility index (Phi) is 5.19. The van der Waals surface area contributed by atoms with Crippen molar-refractivity contribution in [2.75, 3.05) is 12.3 Å². The SMILES string of the molecule is NC(=O)C12CC3CC(C1)C(=NC(=O)C1SCCN1Cc1ccc(F)cc1Cl)C(C3)C2. The zero-order valence-electron chi connectivity index (χ0n) is 16.7. The van der Waals surface area contributed by atoms with Gasteiger partial charge in [-0.05, 0) is 67.6 Å². The minimum absolute atomic E-state index is 0.119. The molecule has 30 heavy (non-hydrogen) atoms. The van der Waals surface area contributed by atoms with E-state index in [1.54, 1.807) is 17.8 Å². The average molecular weight is 450 g/mol. The van der Waals surface area contributed by atoms with Crippen LogP contribution in [-0.2, 0) is 16.1 Å². The van der Waals surface area contributed by atoms with Gasteiger partial charge in [0, 0.05) is 29.6 Å². The lowest BCUT2D eigenvalue weighted by Crippen LogP contribution is -2.56. The van der Waals surface area contributed by atoms with E-state index in [1.807, 2.05) is 0 Å². The van der Waals surface area contributed by atoms with Gasteiger partial charge >= 0.3 is 0 Å². The number of thioether (sulfide) groups is 1. The van der Waals surface area contributed by atoms with Gasteiger partial charge in [0.05, 0.1) is 5.41 Å². The highest BCUT2D eigenvalue weighted by Gasteiger charge is 2.56. The number of carbonyl (C=O) groups excluding carboxylic acids is 2. The predicted octanol–water partition coefficient (Wildman–Crippen LogP) is 3.63. The van der Waals surface area contributed by atoms with Gasteiger partial charge in [-0.25, -0.2) is 9.38 Å². The molecular weight excluding hydrogens is 425 g/mol. The van der Waals surface area contributed by atoms with Crippen molar-refractivity contribution in [3.63, 3.8) is 0 Å². The summed E-state index contributed by atoms with van der Waals surface area (Å²) >= 11 is 7.78. The van der Waals surface area contributed by atoms with E-state index in [1.165, 1.54) is 12.1 Å². The fourth-order valence-corrected chi connectivity index (χ4v) is 7.57. The lowest BCUT2D eigenvalue weighted by molar-refractivity contribution is -0.136. The van der Waals surface area contributed by atoms with Gasteiger partial charge in [0.25, 0.3) is 5.91 Å². The fourth-order valence-electron chi connectivity index (χ4n) is 6.19. The summed E-state index contributed by atoms with van der Waals surface area (Å²) < 4.78 is 13.3. The number of amides is 2. The average Bonchev–Trinajstić information content (AvgIpc) is 3.14. The summed E-state index contributed by atoms with van der Waals surface area (Å²) in [6.07, 6.45) is 4.43. The smallest absolute Gasteiger partial charge is 0.273 e. The zero-order chi connectivity index (χ0) is 21.0. The summed E-state index contributed by atoms with van der Waals surface area (Å²) in [5.74, 6) is 1.13. The summed E-state index contributed by atoms with van der Waals surface area (Å²) in [6.45, 7) is 1.26. The molecule has 4 bridgehead atoms. The molecule has 1 aromatic carbocycles. The van der Waals surface area contributed by atoms with Gasteiger partial charge in [-0.3, -0.25) is 14.5 Å². The maximum Gasteiger partial charge on any atom is 0.273 e. The van der Waals surface area contributed by atoms with E-state index in [9.17, 15) is 14.0 Å². The molecule has 8 heteroatoms.